The molecule has 0 aromatic heterocycles. The van der Waals surface area contributed by atoms with E-state index in [2.05, 4.69) is 16.0 Å². The molecule has 108 valence electrons. The highest BCUT2D eigenvalue weighted by atomic mass is 16.6. The lowest BCUT2D eigenvalue weighted by Gasteiger charge is -2.23. The molecule has 21 heavy (non-hydrogen) atoms. The van der Waals surface area contributed by atoms with E-state index < -0.39 is 16.9 Å². The average Bonchev–Trinajstić information content (AvgIpc) is 2.48. The number of benzene rings is 1. The van der Waals surface area contributed by atoms with Gasteiger partial charge in [-0.3, -0.25) is 25.0 Å². The van der Waals surface area contributed by atoms with Crippen molar-refractivity contribution >= 4 is 23.2 Å². The zero-order chi connectivity index (χ0) is 15.4. The molecule has 0 aliphatic carbocycles. The summed E-state index contributed by atoms with van der Waals surface area (Å²) in [6.45, 7) is 0.170. The van der Waals surface area contributed by atoms with Gasteiger partial charge < -0.3 is 10.6 Å². The van der Waals surface area contributed by atoms with E-state index in [1.807, 2.05) is 0 Å². The van der Waals surface area contributed by atoms with E-state index in [1.54, 1.807) is 6.07 Å². The van der Waals surface area contributed by atoms with Crippen LogP contribution in [-0.4, -0.2) is 35.9 Å². The van der Waals surface area contributed by atoms with Gasteiger partial charge in [0.2, 0.25) is 11.8 Å². The van der Waals surface area contributed by atoms with Crippen LogP contribution in [0.4, 0.5) is 11.4 Å². The first-order chi connectivity index (χ1) is 10.0. The molecule has 9 nitrogen and oxygen atoms in total. The summed E-state index contributed by atoms with van der Waals surface area (Å²) < 4.78 is 0. The van der Waals surface area contributed by atoms with Gasteiger partial charge in [0.15, 0.2) is 0 Å². The molecule has 1 saturated heterocycles. The molecule has 1 aliphatic heterocycles. The molecule has 0 spiro atoms. The molecule has 1 heterocycles. The number of anilines is 1. The van der Waals surface area contributed by atoms with Gasteiger partial charge in [-0.25, -0.2) is 0 Å². The zero-order valence-electron chi connectivity index (χ0n) is 10.8. The summed E-state index contributed by atoms with van der Waals surface area (Å²) in [6, 6.07) is 4.77. The van der Waals surface area contributed by atoms with Crippen LogP contribution in [-0.2, 0) is 9.59 Å². The molecule has 1 unspecified atom stereocenters. The Bertz CT molecular complexity index is 642. The third kappa shape index (κ3) is 3.31. The van der Waals surface area contributed by atoms with Gasteiger partial charge in [-0.15, -0.1) is 0 Å². The Kier molecular flexibility index (Phi) is 4.10. The fourth-order valence-electron chi connectivity index (χ4n) is 1.82. The average molecular weight is 289 g/mol. The van der Waals surface area contributed by atoms with Crippen molar-refractivity contribution < 1.29 is 14.5 Å². The summed E-state index contributed by atoms with van der Waals surface area (Å²) in [5, 5.41) is 27.4. The molecule has 3 N–H and O–H groups in total. The van der Waals surface area contributed by atoms with E-state index in [4.69, 9.17) is 5.26 Å². The van der Waals surface area contributed by atoms with Crippen molar-refractivity contribution in [3.8, 4) is 6.07 Å². The smallest absolute Gasteiger partial charge is 0.270 e. The largest absolute Gasteiger partial charge is 0.353 e. The number of rotatable bonds is 3. The highest BCUT2D eigenvalue weighted by Gasteiger charge is 2.24. The van der Waals surface area contributed by atoms with Crippen LogP contribution in [0.15, 0.2) is 18.2 Å². The summed E-state index contributed by atoms with van der Waals surface area (Å²) in [5.74, 6) is -0.632. The van der Waals surface area contributed by atoms with Crippen LogP contribution in [0.3, 0.4) is 0 Å². The number of hydrogen-bond acceptors (Lipinski definition) is 6. The Hall–Kier alpha value is -2.99. The Labute approximate surface area is 119 Å². The fourth-order valence-corrected chi connectivity index (χ4v) is 1.82. The third-order valence-electron chi connectivity index (χ3n) is 2.92. The van der Waals surface area contributed by atoms with Crippen LogP contribution in [0.5, 0.6) is 0 Å². The van der Waals surface area contributed by atoms with E-state index in [0.29, 0.717) is 0 Å². The van der Waals surface area contributed by atoms with Crippen LogP contribution in [0, 0.1) is 21.4 Å². The molecule has 2 amide bonds. The second-order valence-electron chi connectivity index (χ2n) is 4.33. The summed E-state index contributed by atoms with van der Waals surface area (Å²) in [5.41, 5.74) is -0.0446. The van der Waals surface area contributed by atoms with Crippen molar-refractivity contribution in [1.29, 1.82) is 5.26 Å². The minimum absolute atomic E-state index is 0.00241. The Morgan fingerprint density at radius 1 is 1.52 bits per heavy atom. The monoisotopic (exact) mass is 289 g/mol. The minimum Gasteiger partial charge on any atom is -0.353 e. The predicted octanol–water partition coefficient (Wildman–Crippen LogP) is -0.507. The van der Waals surface area contributed by atoms with Crippen LogP contribution in [0.2, 0.25) is 0 Å². The van der Waals surface area contributed by atoms with E-state index in [1.165, 1.54) is 12.1 Å². The maximum absolute atomic E-state index is 12.0. The van der Waals surface area contributed by atoms with E-state index >= 15 is 0 Å². The predicted molar refractivity (Wildman–Crippen MR) is 71.2 cm³/mol. The van der Waals surface area contributed by atoms with Gasteiger partial charge in [0.1, 0.15) is 12.1 Å². The van der Waals surface area contributed by atoms with Crippen molar-refractivity contribution in [2.45, 2.75) is 6.04 Å². The molecule has 1 aliphatic rings. The second kappa shape index (κ2) is 5.98. The number of nitriles is 1. The van der Waals surface area contributed by atoms with E-state index in [0.717, 1.165) is 6.07 Å². The number of piperazine rings is 1. The number of nitrogens with one attached hydrogen (secondary N) is 3. The van der Waals surface area contributed by atoms with Gasteiger partial charge in [-0.2, -0.15) is 5.26 Å². The SMILES string of the molecule is N#Cc1cc([N+](=O)[O-])ccc1NC(=O)C1CNC(=O)CN1. The van der Waals surface area contributed by atoms with E-state index in [-0.39, 0.29) is 35.9 Å². The molecule has 1 fully saturated rings. The van der Waals surface area contributed by atoms with Gasteiger partial charge in [-0.1, -0.05) is 0 Å². The lowest BCUT2D eigenvalue weighted by molar-refractivity contribution is -0.384. The highest BCUT2D eigenvalue weighted by Crippen LogP contribution is 2.21. The first-order valence-corrected chi connectivity index (χ1v) is 6.00. The number of nitro groups is 1. The van der Waals surface area contributed by atoms with Crippen molar-refractivity contribution in [2.75, 3.05) is 18.4 Å². The number of amides is 2. The molecule has 9 heteroatoms. The van der Waals surface area contributed by atoms with E-state index in [9.17, 15) is 19.7 Å². The quantitative estimate of drug-likeness (QED) is 0.506. The number of carbonyl (C=O) groups is 2. The molecule has 1 aromatic rings. The summed E-state index contributed by atoms with van der Waals surface area (Å²) in [4.78, 5) is 33.0. The summed E-state index contributed by atoms with van der Waals surface area (Å²) in [7, 11) is 0. The lowest BCUT2D eigenvalue weighted by atomic mass is 10.1. The first-order valence-electron chi connectivity index (χ1n) is 6.00. The molecule has 0 radical (unpaired) electrons. The Morgan fingerprint density at radius 3 is 2.86 bits per heavy atom. The molecule has 1 atom stereocenters. The normalized spacial score (nSPS) is 17.5. The van der Waals surface area contributed by atoms with Crippen molar-refractivity contribution in [1.82, 2.24) is 10.6 Å². The van der Waals surface area contributed by atoms with Crippen LogP contribution < -0.4 is 16.0 Å². The van der Waals surface area contributed by atoms with Gasteiger partial charge in [0, 0.05) is 18.7 Å². The van der Waals surface area contributed by atoms with Crippen LogP contribution in [0.25, 0.3) is 0 Å². The summed E-state index contributed by atoms with van der Waals surface area (Å²) in [6.07, 6.45) is 0. The molecule has 2 rings (SSSR count). The number of nitro benzene ring substituents is 1. The van der Waals surface area contributed by atoms with Gasteiger partial charge in [0.25, 0.3) is 5.69 Å². The maximum Gasteiger partial charge on any atom is 0.270 e. The molecular formula is C12H11N5O4. The molecular weight excluding hydrogens is 278 g/mol. The fraction of sp³-hybridized carbons (Fsp3) is 0.250. The number of non-ortho nitro benzene ring substituents is 1. The standard InChI is InChI=1S/C12H11N5O4/c13-4-7-3-8(17(20)21)1-2-9(7)16-12(19)10-5-15-11(18)6-14-10/h1-3,10,14H,5-6H2,(H,15,18)(H,16,19). The Morgan fingerprint density at radius 2 is 2.29 bits per heavy atom. The molecule has 1 aromatic carbocycles. The third-order valence-corrected chi connectivity index (χ3v) is 2.92. The van der Waals surface area contributed by atoms with Gasteiger partial charge in [0.05, 0.1) is 22.7 Å². The zero-order valence-corrected chi connectivity index (χ0v) is 10.8. The number of nitrogens with zero attached hydrogens (tertiary/aromatic N) is 2. The molecule has 0 saturated carbocycles. The van der Waals surface area contributed by atoms with Crippen molar-refractivity contribution in [2.24, 2.45) is 0 Å². The Balaban J connectivity index is 2.12. The lowest BCUT2D eigenvalue weighted by Crippen LogP contribution is -2.56. The maximum atomic E-state index is 12.0. The van der Waals surface area contributed by atoms with Crippen molar-refractivity contribution in [3.05, 3.63) is 33.9 Å². The van der Waals surface area contributed by atoms with Crippen LogP contribution in [0.1, 0.15) is 5.56 Å². The van der Waals surface area contributed by atoms with Crippen molar-refractivity contribution in [3.63, 3.8) is 0 Å². The first kappa shape index (κ1) is 14.4. The van der Waals surface area contributed by atoms with Crippen LogP contribution >= 0.6 is 0 Å². The number of carbonyl (C=O) groups excluding carboxylic acids is 2. The second-order valence-corrected chi connectivity index (χ2v) is 4.33. The molecule has 0 bridgehead atoms. The number of hydrogen-bond donors (Lipinski definition) is 3. The minimum atomic E-state index is -0.621. The van der Waals surface area contributed by atoms with Gasteiger partial charge >= 0.3 is 0 Å². The summed E-state index contributed by atoms with van der Waals surface area (Å²) >= 11 is 0. The highest BCUT2D eigenvalue weighted by molar-refractivity contribution is 5.97. The topological polar surface area (TPSA) is 137 Å². The van der Waals surface area contributed by atoms with Gasteiger partial charge in [-0.05, 0) is 6.07 Å².